The molecule has 0 atom stereocenters. The second-order valence-corrected chi connectivity index (χ2v) is 8.34. The SMILES string of the molecule is CC(=O)O.O=S(=O)(c1cccc(F)c1)c1ccnc2c(N3CCNCC3)c[nH]c12. The first-order valence-electron chi connectivity index (χ1n) is 8.92. The smallest absolute Gasteiger partial charge is 0.300 e. The van der Waals surface area contributed by atoms with Gasteiger partial charge in [-0.15, -0.1) is 0 Å². The Morgan fingerprint density at radius 1 is 1.24 bits per heavy atom. The van der Waals surface area contributed by atoms with Crippen molar-refractivity contribution in [2.45, 2.75) is 16.7 Å². The van der Waals surface area contributed by atoms with Crippen LogP contribution >= 0.6 is 0 Å². The number of sulfone groups is 1. The molecule has 1 aromatic carbocycles. The fraction of sp³-hybridized carbons (Fsp3) is 0.263. The van der Waals surface area contributed by atoms with Crippen LogP contribution in [0.1, 0.15) is 6.92 Å². The lowest BCUT2D eigenvalue weighted by atomic mass is 10.3. The highest BCUT2D eigenvalue weighted by molar-refractivity contribution is 7.91. The van der Waals surface area contributed by atoms with Gasteiger partial charge in [0.2, 0.25) is 9.84 Å². The van der Waals surface area contributed by atoms with Crippen LogP contribution in [0, 0.1) is 5.82 Å². The number of rotatable bonds is 3. The molecule has 0 aliphatic carbocycles. The van der Waals surface area contributed by atoms with E-state index < -0.39 is 21.6 Å². The minimum atomic E-state index is -3.85. The third kappa shape index (κ3) is 4.54. The van der Waals surface area contributed by atoms with Gasteiger partial charge in [-0.1, -0.05) is 6.07 Å². The molecule has 0 amide bonds. The van der Waals surface area contributed by atoms with E-state index >= 15 is 0 Å². The van der Waals surface area contributed by atoms with Gasteiger partial charge in [0.05, 0.1) is 21.0 Å². The Kier molecular flexibility index (Phi) is 6.14. The van der Waals surface area contributed by atoms with Crippen molar-refractivity contribution in [3.63, 3.8) is 0 Å². The number of aliphatic carboxylic acids is 1. The van der Waals surface area contributed by atoms with Crippen molar-refractivity contribution in [1.82, 2.24) is 15.3 Å². The number of carbonyl (C=O) groups is 1. The summed E-state index contributed by atoms with van der Waals surface area (Å²) in [7, 11) is -3.85. The Balaban J connectivity index is 0.000000552. The maximum absolute atomic E-state index is 13.5. The number of nitrogens with zero attached hydrogens (tertiary/aromatic N) is 2. The number of anilines is 1. The number of nitrogens with one attached hydrogen (secondary N) is 2. The first-order valence-corrected chi connectivity index (χ1v) is 10.4. The average molecular weight is 420 g/mol. The molecule has 0 spiro atoms. The third-order valence-corrected chi connectivity index (χ3v) is 6.16. The van der Waals surface area contributed by atoms with E-state index in [2.05, 4.69) is 20.2 Å². The van der Waals surface area contributed by atoms with Gasteiger partial charge in [-0.25, -0.2) is 12.8 Å². The molecule has 8 nitrogen and oxygen atoms in total. The van der Waals surface area contributed by atoms with Crippen molar-refractivity contribution in [3.05, 3.63) is 48.5 Å². The summed E-state index contributed by atoms with van der Waals surface area (Å²) in [6, 6.07) is 6.48. The molecule has 154 valence electrons. The van der Waals surface area contributed by atoms with Crippen LogP contribution in [0.4, 0.5) is 10.1 Å². The number of hydrogen-bond acceptors (Lipinski definition) is 6. The molecule has 3 aromatic rings. The number of piperazine rings is 1. The minimum absolute atomic E-state index is 0.0710. The van der Waals surface area contributed by atoms with Gasteiger partial charge in [-0.05, 0) is 24.3 Å². The Morgan fingerprint density at radius 3 is 2.59 bits per heavy atom. The number of aromatic amines is 1. The molecule has 1 aliphatic rings. The second kappa shape index (κ2) is 8.58. The first kappa shape index (κ1) is 20.7. The lowest BCUT2D eigenvalue weighted by molar-refractivity contribution is -0.134. The Labute approximate surface area is 167 Å². The molecule has 3 heterocycles. The number of pyridine rings is 1. The highest BCUT2D eigenvalue weighted by Crippen LogP contribution is 2.32. The molecule has 29 heavy (non-hydrogen) atoms. The zero-order chi connectivity index (χ0) is 21.0. The van der Waals surface area contributed by atoms with Gasteiger partial charge >= 0.3 is 0 Å². The molecule has 1 aliphatic heterocycles. The second-order valence-electron chi connectivity index (χ2n) is 6.42. The predicted octanol–water partition coefficient (Wildman–Crippen LogP) is 2.04. The Morgan fingerprint density at radius 2 is 1.93 bits per heavy atom. The van der Waals surface area contributed by atoms with E-state index in [1.807, 2.05) is 0 Å². The summed E-state index contributed by atoms with van der Waals surface area (Å²) in [6.07, 6.45) is 3.27. The summed E-state index contributed by atoms with van der Waals surface area (Å²) in [5, 5.41) is 10.7. The molecule has 2 aromatic heterocycles. The van der Waals surface area contributed by atoms with Gasteiger partial charge in [0.25, 0.3) is 5.97 Å². The molecule has 0 bridgehead atoms. The zero-order valence-corrected chi connectivity index (χ0v) is 16.5. The quantitative estimate of drug-likeness (QED) is 0.594. The highest BCUT2D eigenvalue weighted by atomic mass is 32.2. The molecular formula is C19H21FN4O4S. The van der Waals surface area contributed by atoms with Crippen molar-refractivity contribution >= 4 is 32.5 Å². The summed E-state index contributed by atoms with van der Waals surface area (Å²) >= 11 is 0. The summed E-state index contributed by atoms with van der Waals surface area (Å²) in [4.78, 5) is 18.6. The largest absolute Gasteiger partial charge is 0.481 e. The lowest BCUT2D eigenvalue weighted by Gasteiger charge is -2.28. The fourth-order valence-corrected chi connectivity index (χ4v) is 4.56. The minimum Gasteiger partial charge on any atom is -0.481 e. The van der Waals surface area contributed by atoms with Crippen molar-refractivity contribution in [1.29, 1.82) is 0 Å². The molecular weight excluding hydrogens is 399 g/mol. The summed E-state index contributed by atoms with van der Waals surface area (Å²) < 4.78 is 39.4. The van der Waals surface area contributed by atoms with Crippen LogP contribution in [0.3, 0.4) is 0 Å². The van der Waals surface area contributed by atoms with Gasteiger partial charge in [0.1, 0.15) is 11.3 Å². The topological polar surface area (TPSA) is 115 Å². The van der Waals surface area contributed by atoms with Gasteiger partial charge in [0.15, 0.2) is 0 Å². The van der Waals surface area contributed by atoms with E-state index in [-0.39, 0.29) is 9.79 Å². The third-order valence-electron chi connectivity index (χ3n) is 4.36. The molecule has 3 N–H and O–H groups in total. The number of halogens is 1. The summed E-state index contributed by atoms with van der Waals surface area (Å²) in [6.45, 7) is 4.48. The maximum Gasteiger partial charge on any atom is 0.300 e. The summed E-state index contributed by atoms with van der Waals surface area (Å²) in [5.41, 5.74) is 1.94. The number of carboxylic acids is 1. The highest BCUT2D eigenvalue weighted by Gasteiger charge is 2.24. The molecule has 0 radical (unpaired) electrons. The van der Waals surface area contributed by atoms with Crippen LogP contribution in [0.15, 0.2) is 52.5 Å². The maximum atomic E-state index is 13.5. The van der Waals surface area contributed by atoms with E-state index in [1.54, 1.807) is 6.20 Å². The van der Waals surface area contributed by atoms with E-state index in [1.165, 1.54) is 30.5 Å². The molecule has 4 rings (SSSR count). The van der Waals surface area contributed by atoms with Gasteiger partial charge in [0, 0.05) is 45.5 Å². The van der Waals surface area contributed by atoms with Crippen molar-refractivity contribution in [2.24, 2.45) is 0 Å². The number of carboxylic acid groups (broad SMARTS) is 1. The van der Waals surface area contributed by atoms with Crippen LogP contribution < -0.4 is 10.2 Å². The van der Waals surface area contributed by atoms with Crippen LogP contribution in [0.25, 0.3) is 11.0 Å². The van der Waals surface area contributed by atoms with Crippen molar-refractivity contribution in [3.8, 4) is 0 Å². The van der Waals surface area contributed by atoms with E-state index in [0.29, 0.717) is 11.0 Å². The number of H-pyrrole nitrogens is 1. The van der Waals surface area contributed by atoms with Gasteiger partial charge < -0.3 is 20.3 Å². The molecule has 0 saturated carbocycles. The number of aromatic nitrogens is 2. The standard InChI is InChI=1S/C17H17FN4O2S.C2H4O2/c18-12-2-1-3-13(10-12)25(23,24)15-4-5-20-16-14(11-21-17(15)16)22-8-6-19-7-9-22;1-2(3)4/h1-5,10-11,19,21H,6-9H2;1H3,(H,3,4). The number of fused-ring (bicyclic) bond motifs is 1. The van der Waals surface area contributed by atoms with Crippen LogP contribution in [-0.4, -0.2) is 55.6 Å². The van der Waals surface area contributed by atoms with Gasteiger partial charge in [-0.3, -0.25) is 9.78 Å². The zero-order valence-electron chi connectivity index (χ0n) is 15.7. The predicted molar refractivity (Wildman–Crippen MR) is 106 cm³/mol. The van der Waals surface area contributed by atoms with Crippen molar-refractivity contribution < 1.29 is 22.7 Å². The average Bonchev–Trinajstić information content (AvgIpc) is 3.12. The van der Waals surface area contributed by atoms with Crippen LogP contribution in [0.2, 0.25) is 0 Å². The van der Waals surface area contributed by atoms with Gasteiger partial charge in [-0.2, -0.15) is 0 Å². The lowest BCUT2D eigenvalue weighted by Crippen LogP contribution is -2.43. The Hall–Kier alpha value is -2.98. The number of benzene rings is 1. The van der Waals surface area contributed by atoms with Crippen molar-refractivity contribution in [2.75, 3.05) is 31.1 Å². The molecule has 0 unspecified atom stereocenters. The first-order chi connectivity index (χ1) is 13.8. The van der Waals surface area contributed by atoms with E-state index in [4.69, 9.17) is 9.90 Å². The number of hydrogen-bond donors (Lipinski definition) is 3. The van der Waals surface area contributed by atoms with Crippen LogP contribution in [-0.2, 0) is 14.6 Å². The molecule has 1 fully saturated rings. The molecule has 10 heteroatoms. The van der Waals surface area contributed by atoms with E-state index in [0.717, 1.165) is 44.9 Å². The monoisotopic (exact) mass is 420 g/mol. The Bertz CT molecular complexity index is 1120. The summed E-state index contributed by atoms with van der Waals surface area (Å²) in [5.74, 6) is -1.42. The van der Waals surface area contributed by atoms with Crippen LogP contribution in [0.5, 0.6) is 0 Å². The van der Waals surface area contributed by atoms with E-state index in [9.17, 15) is 12.8 Å². The fourth-order valence-electron chi connectivity index (χ4n) is 3.12. The normalized spacial score (nSPS) is 14.3. The molecule has 1 saturated heterocycles.